The molecule has 1 aliphatic carbocycles. The molecule has 1 aromatic heterocycles. The first-order valence-corrected chi connectivity index (χ1v) is 9.54. The lowest BCUT2D eigenvalue weighted by atomic mass is 10.1. The van der Waals surface area contributed by atoms with Crippen molar-refractivity contribution in [3.63, 3.8) is 0 Å². The Kier molecular flexibility index (Phi) is 4.77. The van der Waals surface area contributed by atoms with Gasteiger partial charge in [-0.3, -0.25) is 0 Å². The van der Waals surface area contributed by atoms with E-state index in [0.29, 0.717) is 28.3 Å². The number of hydrogen-bond acceptors (Lipinski definition) is 5. The van der Waals surface area contributed by atoms with Crippen LogP contribution in [0.5, 0.6) is 5.75 Å². The van der Waals surface area contributed by atoms with Crippen molar-refractivity contribution in [3.8, 4) is 5.75 Å². The molecule has 3 aromatic rings. The highest BCUT2D eigenvalue weighted by Gasteiger charge is 2.34. The Morgan fingerprint density at radius 3 is 2.89 bits per heavy atom. The fourth-order valence-electron chi connectivity index (χ4n) is 3.64. The molecule has 2 aromatic carbocycles. The quantitative estimate of drug-likeness (QED) is 0.675. The Balaban J connectivity index is 1.80. The molecule has 7 heteroatoms. The molecule has 0 saturated heterocycles. The van der Waals surface area contributed by atoms with Crippen molar-refractivity contribution in [2.75, 3.05) is 6.61 Å². The third kappa shape index (κ3) is 3.12. The van der Waals surface area contributed by atoms with Crippen molar-refractivity contribution in [1.29, 1.82) is 0 Å². The Hall–Kier alpha value is -2.57. The lowest BCUT2D eigenvalue weighted by Crippen LogP contribution is -2.19. The summed E-state index contributed by atoms with van der Waals surface area (Å²) in [5.41, 5.74) is 3.64. The van der Waals surface area contributed by atoms with E-state index in [2.05, 4.69) is 4.98 Å². The highest BCUT2D eigenvalue weighted by molar-refractivity contribution is 6.30. The molecule has 0 radical (unpaired) electrons. The average Bonchev–Trinajstić information content (AvgIpc) is 3.11. The summed E-state index contributed by atoms with van der Waals surface area (Å²) in [6.45, 7) is 3.93. The van der Waals surface area contributed by atoms with Crippen LogP contribution >= 0.6 is 11.6 Å². The number of ether oxygens (including phenoxy) is 2. The van der Waals surface area contributed by atoms with Crippen molar-refractivity contribution >= 4 is 28.6 Å². The highest BCUT2D eigenvalue weighted by Crippen LogP contribution is 2.39. The van der Waals surface area contributed by atoms with Gasteiger partial charge in [0.2, 0.25) is 0 Å². The van der Waals surface area contributed by atoms with Gasteiger partial charge >= 0.3 is 5.97 Å². The number of carbonyl (C=O) groups excluding carboxylic acids is 1. The van der Waals surface area contributed by atoms with Crippen LogP contribution in [0.15, 0.2) is 30.3 Å². The monoisotopic (exact) mass is 400 g/mol. The molecule has 2 atom stereocenters. The van der Waals surface area contributed by atoms with Gasteiger partial charge in [0, 0.05) is 18.5 Å². The molecular weight excluding hydrogens is 380 g/mol. The van der Waals surface area contributed by atoms with Crippen molar-refractivity contribution in [1.82, 2.24) is 9.55 Å². The fraction of sp³-hybridized carbons (Fsp3) is 0.333. The van der Waals surface area contributed by atoms with Gasteiger partial charge in [-0.05, 0) is 49.2 Å². The molecule has 0 spiro atoms. The largest absolute Gasteiger partial charge is 0.481 e. The van der Waals surface area contributed by atoms with Crippen LogP contribution in [0, 0.1) is 6.92 Å². The van der Waals surface area contributed by atoms with Gasteiger partial charge in [-0.2, -0.15) is 0 Å². The van der Waals surface area contributed by atoms with Crippen LogP contribution in [0.4, 0.5) is 0 Å². The maximum atomic E-state index is 12.3. The molecule has 2 unspecified atom stereocenters. The lowest BCUT2D eigenvalue weighted by molar-refractivity contribution is 0.0493. The molecular formula is C21H21ClN2O4. The summed E-state index contributed by atoms with van der Waals surface area (Å²) in [6, 6.07) is 8.88. The zero-order chi connectivity index (χ0) is 20.0. The molecule has 1 heterocycles. The van der Waals surface area contributed by atoms with E-state index in [9.17, 15) is 9.90 Å². The molecule has 146 valence electrons. The van der Waals surface area contributed by atoms with E-state index < -0.39 is 18.2 Å². The first-order chi connectivity index (χ1) is 13.4. The summed E-state index contributed by atoms with van der Waals surface area (Å²) < 4.78 is 13.3. The summed E-state index contributed by atoms with van der Waals surface area (Å²) in [4.78, 5) is 16.9. The molecule has 1 N–H and O–H groups in total. The summed E-state index contributed by atoms with van der Waals surface area (Å²) in [6.07, 6.45) is -0.808. The van der Waals surface area contributed by atoms with E-state index in [1.165, 1.54) is 0 Å². The second kappa shape index (κ2) is 7.11. The lowest BCUT2D eigenvalue weighted by Gasteiger charge is -2.19. The molecule has 0 fully saturated rings. The van der Waals surface area contributed by atoms with Gasteiger partial charge in [0.1, 0.15) is 17.1 Å². The summed E-state index contributed by atoms with van der Waals surface area (Å²) in [5, 5.41) is 11.2. The van der Waals surface area contributed by atoms with Gasteiger partial charge in [0.15, 0.2) is 6.10 Å². The van der Waals surface area contributed by atoms with E-state index in [0.717, 1.165) is 22.5 Å². The molecule has 0 saturated carbocycles. The van der Waals surface area contributed by atoms with Crippen LogP contribution in [0.3, 0.4) is 0 Å². The number of carbonyl (C=O) groups is 1. The summed E-state index contributed by atoms with van der Waals surface area (Å²) in [5.74, 6) is 0.809. The second-order valence-corrected chi connectivity index (χ2v) is 7.37. The number of aromatic nitrogens is 2. The minimum atomic E-state index is -0.709. The first kappa shape index (κ1) is 18.8. The fourth-order valence-corrected chi connectivity index (χ4v) is 3.84. The normalized spacial score (nSPS) is 18.3. The maximum absolute atomic E-state index is 12.3. The van der Waals surface area contributed by atoms with Gasteiger partial charge in [0.05, 0.1) is 23.8 Å². The molecule has 0 aliphatic heterocycles. The molecule has 0 bridgehead atoms. The average molecular weight is 401 g/mol. The van der Waals surface area contributed by atoms with Crippen molar-refractivity contribution in [2.24, 2.45) is 7.05 Å². The topological polar surface area (TPSA) is 73.6 Å². The minimum Gasteiger partial charge on any atom is -0.481 e. The third-order valence-corrected chi connectivity index (χ3v) is 5.37. The molecule has 0 amide bonds. The van der Waals surface area contributed by atoms with E-state index in [1.54, 1.807) is 25.1 Å². The minimum absolute atomic E-state index is 0.285. The Morgan fingerprint density at radius 2 is 2.14 bits per heavy atom. The SMILES string of the molecule is CCOC(=O)c1cc(OC2c3ccc(Cl)cc3CC2O)c2nc(C)n(C)c2c1. The Bertz CT molecular complexity index is 1080. The van der Waals surface area contributed by atoms with Crippen molar-refractivity contribution in [3.05, 3.63) is 57.9 Å². The number of nitrogens with zero attached hydrogens (tertiary/aromatic N) is 2. The predicted octanol–water partition coefficient (Wildman–Crippen LogP) is 3.75. The Labute approximate surface area is 167 Å². The molecule has 1 aliphatic rings. The summed E-state index contributed by atoms with van der Waals surface area (Å²) in [7, 11) is 1.88. The summed E-state index contributed by atoms with van der Waals surface area (Å²) >= 11 is 6.08. The van der Waals surface area contributed by atoms with E-state index >= 15 is 0 Å². The van der Waals surface area contributed by atoms with Gasteiger partial charge in [-0.1, -0.05) is 17.7 Å². The maximum Gasteiger partial charge on any atom is 0.338 e. The third-order valence-electron chi connectivity index (χ3n) is 5.13. The van der Waals surface area contributed by atoms with Gasteiger partial charge < -0.3 is 19.1 Å². The number of aliphatic hydroxyl groups excluding tert-OH is 1. The van der Waals surface area contributed by atoms with Gasteiger partial charge in [0.25, 0.3) is 0 Å². The number of fused-ring (bicyclic) bond motifs is 2. The van der Waals surface area contributed by atoms with Gasteiger partial charge in [-0.15, -0.1) is 0 Å². The Morgan fingerprint density at radius 1 is 1.36 bits per heavy atom. The van der Waals surface area contributed by atoms with Crippen molar-refractivity contribution < 1.29 is 19.4 Å². The van der Waals surface area contributed by atoms with Crippen LogP contribution < -0.4 is 4.74 Å². The van der Waals surface area contributed by atoms with E-state index in [4.69, 9.17) is 21.1 Å². The number of esters is 1. The first-order valence-electron chi connectivity index (χ1n) is 9.16. The number of rotatable bonds is 4. The standard InChI is InChI=1S/C21H21ClN2O4/c1-4-27-21(26)13-8-16-19(23-11(2)24(16)3)18(10-13)28-20-15-6-5-14(22)7-12(15)9-17(20)25/h5-8,10,17,20,25H,4,9H2,1-3H3. The van der Waals surface area contributed by atoms with Crippen LogP contribution in [0.2, 0.25) is 5.02 Å². The molecule has 4 rings (SSSR count). The second-order valence-electron chi connectivity index (χ2n) is 6.93. The van der Waals surface area contributed by atoms with Crippen LogP contribution in [0.1, 0.15) is 40.3 Å². The number of benzene rings is 2. The van der Waals surface area contributed by atoms with Gasteiger partial charge in [-0.25, -0.2) is 9.78 Å². The number of aliphatic hydroxyl groups is 1. The predicted molar refractivity (Wildman–Crippen MR) is 106 cm³/mol. The molecule has 6 nitrogen and oxygen atoms in total. The van der Waals surface area contributed by atoms with E-state index in [-0.39, 0.29) is 6.61 Å². The highest BCUT2D eigenvalue weighted by atomic mass is 35.5. The van der Waals surface area contributed by atoms with Crippen molar-refractivity contribution in [2.45, 2.75) is 32.5 Å². The van der Waals surface area contributed by atoms with E-state index in [1.807, 2.05) is 30.7 Å². The van der Waals surface area contributed by atoms with Crippen LogP contribution in [-0.4, -0.2) is 33.3 Å². The molecule has 28 heavy (non-hydrogen) atoms. The number of halogens is 1. The smallest absolute Gasteiger partial charge is 0.338 e. The van der Waals surface area contributed by atoms with Crippen LogP contribution in [-0.2, 0) is 18.2 Å². The number of imidazole rings is 1. The van der Waals surface area contributed by atoms with Crippen LogP contribution in [0.25, 0.3) is 11.0 Å². The zero-order valence-electron chi connectivity index (χ0n) is 15.9. The number of aryl methyl sites for hydroxylation is 2. The number of hydrogen-bond donors (Lipinski definition) is 1. The zero-order valence-corrected chi connectivity index (χ0v) is 16.7.